The fourth-order valence-electron chi connectivity index (χ4n) is 2.10. The third-order valence-electron chi connectivity index (χ3n) is 2.95. The molecule has 1 rings (SSSR count). The molecule has 0 aromatic heterocycles. The van der Waals surface area contributed by atoms with Crippen molar-refractivity contribution < 1.29 is 0 Å². The predicted molar refractivity (Wildman–Crippen MR) is 57.9 cm³/mol. The molecule has 1 saturated heterocycles. The van der Waals surface area contributed by atoms with Crippen molar-refractivity contribution in [1.29, 1.82) is 0 Å². The average Bonchev–Trinajstić information content (AvgIpc) is 2.05. The minimum absolute atomic E-state index is 0.764. The molecule has 0 saturated carbocycles. The summed E-state index contributed by atoms with van der Waals surface area (Å²) < 4.78 is 0. The van der Waals surface area contributed by atoms with Gasteiger partial charge in [0.25, 0.3) is 0 Å². The molecule has 12 heavy (non-hydrogen) atoms. The molecule has 2 unspecified atom stereocenters. The average molecular weight is 234 g/mol. The van der Waals surface area contributed by atoms with E-state index in [-0.39, 0.29) is 0 Å². The maximum Gasteiger partial charge on any atom is 0.00777 e. The van der Waals surface area contributed by atoms with Crippen molar-refractivity contribution in [3.63, 3.8) is 0 Å². The van der Waals surface area contributed by atoms with E-state index in [1.807, 2.05) is 0 Å². The van der Waals surface area contributed by atoms with Crippen LogP contribution in [0.2, 0.25) is 0 Å². The lowest BCUT2D eigenvalue weighted by atomic mass is 10.0. The number of likely N-dealkylation sites (tertiary alicyclic amines) is 1. The van der Waals surface area contributed by atoms with Crippen molar-refractivity contribution >= 4 is 15.9 Å². The molecule has 0 amide bonds. The third-order valence-corrected chi connectivity index (χ3v) is 3.41. The van der Waals surface area contributed by atoms with Gasteiger partial charge in [0.1, 0.15) is 0 Å². The van der Waals surface area contributed by atoms with Crippen molar-refractivity contribution in [3.05, 3.63) is 0 Å². The second kappa shape index (κ2) is 5.23. The first-order valence-electron chi connectivity index (χ1n) is 5.07. The zero-order chi connectivity index (χ0) is 8.97. The highest BCUT2D eigenvalue weighted by atomic mass is 79.9. The molecule has 2 atom stereocenters. The van der Waals surface area contributed by atoms with E-state index in [1.54, 1.807) is 0 Å². The van der Waals surface area contributed by atoms with E-state index in [2.05, 4.69) is 34.7 Å². The molecule has 0 radical (unpaired) electrons. The molecule has 0 N–H and O–H groups in total. The van der Waals surface area contributed by atoms with E-state index >= 15 is 0 Å². The third kappa shape index (κ3) is 2.74. The number of alkyl halides is 1. The Morgan fingerprint density at radius 1 is 1.50 bits per heavy atom. The molecule has 2 heteroatoms. The van der Waals surface area contributed by atoms with Crippen LogP contribution in [0.5, 0.6) is 0 Å². The lowest BCUT2D eigenvalue weighted by Crippen LogP contribution is -2.43. The summed E-state index contributed by atoms with van der Waals surface area (Å²) in [6.07, 6.45) is 5.51. The predicted octanol–water partition coefficient (Wildman–Crippen LogP) is 3.03. The van der Waals surface area contributed by atoms with Crippen LogP contribution < -0.4 is 0 Å². The SMILES string of the molecule is CC(CCBr)N1CCCCC1C. The lowest BCUT2D eigenvalue weighted by molar-refractivity contribution is 0.113. The molecule has 0 bridgehead atoms. The van der Waals surface area contributed by atoms with Crippen LogP contribution in [0.25, 0.3) is 0 Å². The van der Waals surface area contributed by atoms with Crippen LogP contribution in [0.15, 0.2) is 0 Å². The fraction of sp³-hybridized carbons (Fsp3) is 1.00. The van der Waals surface area contributed by atoms with Crippen molar-refractivity contribution in [2.45, 2.75) is 51.6 Å². The van der Waals surface area contributed by atoms with Gasteiger partial charge in [0.05, 0.1) is 0 Å². The summed E-state index contributed by atoms with van der Waals surface area (Å²) in [6, 6.07) is 1.58. The Labute approximate surface area is 84.6 Å². The van der Waals surface area contributed by atoms with Crippen molar-refractivity contribution in [2.24, 2.45) is 0 Å². The maximum atomic E-state index is 3.51. The Hall–Kier alpha value is 0.440. The first-order valence-corrected chi connectivity index (χ1v) is 6.19. The Balaban J connectivity index is 2.36. The molecule has 72 valence electrons. The monoisotopic (exact) mass is 233 g/mol. The Kier molecular flexibility index (Phi) is 4.59. The van der Waals surface area contributed by atoms with Crippen molar-refractivity contribution in [1.82, 2.24) is 4.90 Å². The number of piperidine rings is 1. The smallest absolute Gasteiger partial charge is 0.00777 e. The summed E-state index contributed by atoms with van der Waals surface area (Å²) in [5, 5.41) is 1.14. The summed E-state index contributed by atoms with van der Waals surface area (Å²) in [6.45, 7) is 6.03. The van der Waals surface area contributed by atoms with Gasteiger partial charge in [-0.05, 0) is 39.7 Å². The topological polar surface area (TPSA) is 3.24 Å². The van der Waals surface area contributed by atoms with Gasteiger partial charge in [0, 0.05) is 17.4 Å². The van der Waals surface area contributed by atoms with Crippen LogP contribution in [0, 0.1) is 0 Å². The number of nitrogens with zero attached hydrogens (tertiary/aromatic N) is 1. The summed E-state index contributed by atoms with van der Waals surface area (Å²) in [5.74, 6) is 0. The first-order chi connectivity index (χ1) is 5.75. The van der Waals surface area contributed by atoms with E-state index in [4.69, 9.17) is 0 Å². The molecule has 0 aromatic rings. The van der Waals surface area contributed by atoms with Crippen LogP contribution in [-0.4, -0.2) is 28.9 Å². The lowest BCUT2D eigenvalue weighted by Gasteiger charge is -2.37. The summed E-state index contributed by atoms with van der Waals surface area (Å²) >= 11 is 3.51. The molecular weight excluding hydrogens is 214 g/mol. The molecule has 0 aliphatic carbocycles. The van der Waals surface area contributed by atoms with E-state index < -0.39 is 0 Å². The molecule has 1 fully saturated rings. The zero-order valence-corrected chi connectivity index (χ0v) is 9.81. The first kappa shape index (κ1) is 10.5. The molecular formula is C10H20BrN. The molecule has 0 spiro atoms. The standard InChI is InChI=1S/C10H20BrN/c1-9-5-3-4-8-12(9)10(2)6-7-11/h9-10H,3-8H2,1-2H3. The summed E-state index contributed by atoms with van der Waals surface area (Å²) in [7, 11) is 0. The van der Waals surface area contributed by atoms with Crippen LogP contribution in [0.3, 0.4) is 0 Å². The fourth-order valence-corrected chi connectivity index (χ4v) is 2.76. The molecule has 1 aliphatic rings. The Morgan fingerprint density at radius 3 is 2.83 bits per heavy atom. The second-order valence-corrected chi connectivity index (χ2v) is 4.70. The van der Waals surface area contributed by atoms with Gasteiger partial charge in [-0.15, -0.1) is 0 Å². The van der Waals surface area contributed by atoms with Gasteiger partial charge in [-0.2, -0.15) is 0 Å². The van der Waals surface area contributed by atoms with Gasteiger partial charge < -0.3 is 0 Å². The molecule has 1 nitrogen and oxygen atoms in total. The van der Waals surface area contributed by atoms with E-state index in [0.717, 1.165) is 17.4 Å². The van der Waals surface area contributed by atoms with Gasteiger partial charge in [-0.1, -0.05) is 22.4 Å². The normalized spacial score (nSPS) is 28.8. The van der Waals surface area contributed by atoms with Gasteiger partial charge in [0.2, 0.25) is 0 Å². The molecule has 1 heterocycles. The van der Waals surface area contributed by atoms with Crippen LogP contribution in [-0.2, 0) is 0 Å². The van der Waals surface area contributed by atoms with Crippen molar-refractivity contribution in [3.8, 4) is 0 Å². The summed E-state index contributed by atoms with van der Waals surface area (Å²) in [4.78, 5) is 2.66. The molecule has 1 aliphatic heterocycles. The van der Waals surface area contributed by atoms with Crippen molar-refractivity contribution in [2.75, 3.05) is 11.9 Å². The van der Waals surface area contributed by atoms with E-state index in [1.165, 1.54) is 32.2 Å². The minimum Gasteiger partial charge on any atom is -0.298 e. The second-order valence-electron chi connectivity index (χ2n) is 3.91. The maximum absolute atomic E-state index is 3.51. The highest BCUT2D eigenvalue weighted by molar-refractivity contribution is 9.09. The number of rotatable bonds is 3. The number of hydrogen-bond donors (Lipinski definition) is 0. The minimum atomic E-state index is 0.764. The number of hydrogen-bond acceptors (Lipinski definition) is 1. The number of halogens is 1. The van der Waals surface area contributed by atoms with Gasteiger partial charge in [-0.25, -0.2) is 0 Å². The van der Waals surface area contributed by atoms with Gasteiger partial charge in [-0.3, -0.25) is 4.90 Å². The zero-order valence-electron chi connectivity index (χ0n) is 8.22. The van der Waals surface area contributed by atoms with Crippen LogP contribution in [0.1, 0.15) is 39.5 Å². The highest BCUT2D eigenvalue weighted by Gasteiger charge is 2.22. The quantitative estimate of drug-likeness (QED) is 0.678. The Morgan fingerprint density at radius 2 is 2.25 bits per heavy atom. The highest BCUT2D eigenvalue weighted by Crippen LogP contribution is 2.20. The summed E-state index contributed by atoms with van der Waals surface area (Å²) in [5.41, 5.74) is 0. The van der Waals surface area contributed by atoms with Crippen LogP contribution in [0.4, 0.5) is 0 Å². The van der Waals surface area contributed by atoms with Gasteiger partial charge >= 0.3 is 0 Å². The van der Waals surface area contributed by atoms with E-state index in [9.17, 15) is 0 Å². The van der Waals surface area contributed by atoms with Crippen LogP contribution >= 0.6 is 15.9 Å². The van der Waals surface area contributed by atoms with Gasteiger partial charge in [0.15, 0.2) is 0 Å². The largest absolute Gasteiger partial charge is 0.298 e. The Bertz CT molecular complexity index is 127. The van der Waals surface area contributed by atoms with E-state index in [0.29, 0.717) is 0 Å². The molecule has 0 aromatic carbocycles.